The summed E-state index contributed by atoms with van der Waals surface area (Å²) in [5.41, 5.74) is 9.24. The van der Waals surface area contributed by atoms with E-state index in [1.807, 2.05) is 31.2 Å². The predicted molar refractivity (Wildman–Crippen MR) is 134 cm³/mol. The van der Waals surface area contributed by atoms with Crippen LogP contribution in [0.1, 0.15) is 29.3 Å². The third kappa shape index (κ3) is 5.26. The Labute approximate surface area is 207 Å². The van der Waals surface area contributed by atoms with Crippen molar-refractivity contribution >= 4 is 34.5 Å². The van der Waals surface area contributed by atoms with Crippen molar-refractivity contribution in [3.63, 3.8) is 0 Å². The Hall–Kier alpha value is -3.56. The highest BCUT2D eigenvalue weighted by Gasteiger charge is 2.34. The number of aromatic nitrogens is 1. The number of hydrogen-bond donors (Lipinski definition) is 1. The number of hydrogen-bond acceptors (Lipinski definition) is 7. The summed E-state index contributed by atoms with van der Waals surface area (Å²) in [6, 6.07) is 14.6. The number of nitrogens with zero attached hydrogens (tertiary/aromatic N) is 4. The number of nitroso groups, excluding NO2 is 1. The molecule has 0 radical (unpaired) electrons. The highest BCUT2D eigenvalue weighted by atomic mass is 35.5. The SMILES string of the molecule is CCCOC(=O)N1CCN(C(=O)c2ccc3c(Cl)cc(-c4ccc(CN)cc4)nc3c2)C[C@H]1N=O. The number of benzene rings is 2. The minimum atomic E-state index is -1.01. The Morgan fingerprint density at radius 3 is 2.63 bits per heavy atom. The molecule has 1 aromatic heterocycles. The number of carbonyl (C=O) groups is 2. The molecule has 2 N–H and O–H groups in total. The summed E-state index contributed by atoms with van der Waals surface area (Å²) < 4.78 is 5.12. The number of amides is 2. The number of nitrogens with two attached hydrogens (primary N) is 1. The van der Waals surface area contributed by atoms with Gasteiger partial charge in [-0.25, -0.2) is 9.78 Å². The lowest BCUT2D eigenvalue weighted by molar-refractivity contribution is 0.0391. The first-order valence-electron chi connectivity index (χ1n) is 11.4. The van der Waals surface area contributed by atoms with Crippen molar-refractivity contribution in [2.24, 2.45) is 10.9 Å². The average molecular weight is 496 g/mol. The van der Waals surface area contributed by atoms with Crippen LogP contribution in [0.4, 0.5) is 4.79 Å². The van der Waals surface area contributed by atoms with Crippen molar-refractivity contribution in [3.8, 4) is 11.3 Å². The molecule has 2 amide bonds. The molecule has 1 fully saturated rings. The monoisotopic (exact) mass is 495 g/mol. The molecule has 35 heavy (non-hydrogen) atoms. The first kappa shape index (κ1) is 24.6. The zero-order chi connectivity index (χ0) is 24.9. The second kappa shape index (κ2) is 10.8. The number of ether oxygens (including phenoxy) is 1. The number of piperazine rings is 1. The molecule has 10 heteroatoms. The minimum absolute atomic E-state index is 0.0106. The van der Waals surface area contributed by atoms with E-state index in [1.165, 1.54) is 9.80 Å². The minimum Gasteiger partial charge on any atom is -0.449 e. The van der Waals surface area contributed by atoms with Crippen molar-refractivity contribution in [1.82, 2.24) is 14.8 Å². The van der Waals surface area contributed by atoms with Gasteiger partial charge in [0.05, 0.1) is 29.4 Å². The fourth-order valence-corrected chi connectivity index (χ4v) is 4.25. The smallest absolute Gasteiger partial charge is 0.411 e. The number of carbonyl (C=O) groups excluding carboxylic acids is 2. The van der Waals surface area contributed by atoms with E-state index in [-0.39, 0.29) is 32.1 Å². The summed E-state index contributed by atoms with van der Waals surface area (Å²) in [5, 5.41) is 4.29. The second-order valence-corrected chi connectivity index (χ2v) is 8.67. The first-order chi connectivity index (χ1) is 16.9. The summed E-state index contributed by atoms with van der Waals surface area (Å²) in [6.45, 7) is 2.99. The van der Waals surface area contributed by atoms with Crippen LogP contribution in [-0.4, -0.2) is 59.2 Å². The maximum Gasteiger partial charge on any atom is 0.411 e. The van der Waals surface area contributed by atoms with Crippen LogP contribution in [-0.2, 0) is 11.3 Å². The van der Waals surface area contributed by atoms with Crippen LogP contribution in [0.25, 0.3) is 22.2 Å². The van der Waals surface area contributed by atoms with Crippen LogP contribution in [0.15, 0.2) is 53.7 Å². The fraction of sp³-hybridized carbons (Fsp3) is 0.320. The standard InChI is InChI=1S/C25H26ClN5O4/c1-2-11-35-25(33)31-10-9-30(15-23(31)29-34)24(32)18-7-8-19-20(26)13-21(28-22(19)12-18)17-5-3-16(14-27)4-6-17/h3-8,12-13,23H,2,9-11,14-15,27H2,1H3/t23-/m0/s1. The maximum atomic E-state index is 13.2. The molecule has 0 bridgehead atoms. The van der Waals surface area contributed by atoms with Crippen molar-refractivity contribution in [2.75, 3.05) is 26.2 Å². The van der Waals surface area contributed by atoms with Gasteiger partial charge in [0.2, 0.25) is 0 Å². The van der Waals surface area contributed by atoms with Gasteiger partial charge in [-0.05, 0) is 35.4 Å². The third-order valence-corrected chi connectivity index (χ3v) is 6.23. The van der Waals surface area contributed by atoms with Gasteiger partial charge in [-0.3, -0.25) is 9.69 Å². The van der Waals surface area contributed by atoms with Crippen LogP contribution in [0, 0.1) is 4.91 Å². The first-order valence-corrected chi connectivity index (χ1v) is 11.8. The van der Waals surface area contributed by atoms with Crippen molar-refractivity contribution in [3.05, 3.63) is 69.6 Å². The molecule has 0 unspecified atom stereocenters. The van der Waals surface area contributed by atoms with Gasteiger partial charge >= 0.3 is 6.09 Å². The fourth-order valence-electron chi connectivity index (χ4n) is 3.99. The van der Waals surface area contributed by atoms with Gasteiger partial charge < -0.3 is 15.4 Å². The maximum absolute atomic E-state index is 13.2. The molecule has 0 saturated carbocycles. The summed E-state index contributed by atoms with van der Waals surface area (Å²) in [5.74, 6) is -0.280. The second-order valence-electron chi connectivity index (χ2n) is 8.27. The summed E-state index contributed by atoms with van der Waals surface area (Å²) in [6.07, 6.45) is -0.933. The molecule has 0 aliphatic carbocycles. The molecule has 1 aliphatic rings. The summed E-state index contributed by atoms with van der Waals surface area (Å²) >= 11 is 6.52. The molecule has 0 spiro atoms. The number of halogens is 1. The zero-order valence-electron chi connectivity index (χ0n) is 19.3. The Kier molecular flexibility index (Phi) is 7.57. The topological polar surface area (TPSA) is 118 Å². The lowest BCUT2D eigenvalue weighted by Gasteiger charge is -2.37. The van der Waals surface area contributed by atoms with Gasteiger partial charge in [-0.15, -0.1) is 4.91 Å². The Morgan fingerprint density at radius 2 is 1.94 bits per heavy atom. The van der Waals surface area contributed by atoms with Crippen LogP contribution >= 0.6 is 11.6 Å². The Bertz CT molecular complexity index is 1250. The molecule has 4 rings (SSSR count). The molecule has 1 aliphatic heterocycles. The predicted octanol–water partition coefficient (Wildman–Crippen LogP) is 4.41. The molecule has 182 valence electrons. The largest absolute Gasteiger partial charge is 0.449 e. The van der Waals surface area contributed by atoms with Gasteiger partial charge in [0.1, 0.15) is 0 Å². The van der Waals surface area contributed by atoms with E-state index in [1.54, 1.807) is 24.3 Å². The number of fused-ring (bicyclic) bond motifs is 1. The number of rotatable bonds is 6. The molecular weight excluding hydrogens is 470 g/mol. The highest BCUT2D eigenvalue weighted by molar-refractivity contribution is 6.35. The van der Waals surface area contributed by atoms with E-state index in [0.717, 1.165) is 16.5 Å². The average Bonchev–Trinajstić information content (AvgIpc) is 2.90. The zero-order valence-corrected chi connectivity index (χ0v) is 20.1. The van der Waals surface area contributed by atoms with Crippen LogP contribution in [0.5, 0.6) is 0 Å². The van der Waals surface area contributed by atoms with E-state index in [2.05, 4.69) is 5.18 Å². The van der Waals surface area contributed by atoms with Crippen LogP contribution in [0.2, 0.25) is 5.02 Å². The van der Waals surface area contributed by atoms with E-state index in [4.69, 9.17) is 27.1 Å². The number of pyridine rings is 1. The molecule has 3 aromatic rings. The lowest BCUT2D eigenvalue weighted by Crippen LogP contribution is -2.55. The van der Waals surface area contributed by atoms with Gasteiger partial charge in [0.15, 0.2) is 6.17 Å². The van der Waals surface area contributed by atoms with Crippen molar-refractivity contribution in [1.29, 1.82) is 0 Å². The molecular formula is C25H26ClN5O4. The summed E-state index contributed by atoms with van der Waals surface area (Å²) in [7, 11) is 0. The normalized spacial score (nSPS) is 15.8. The van der Waals surface area contributed by atoms with Gasteiger partial charge in [0, 0.05) is 36.1 Å². The van der Waals surface area contributed by atoms with Crippen LogP contribution in [0.3, 0.4) is 0 Å². The van der Waals surface area contributed by atoms with E-state index >= 15 is 0 Å². The lowest BCUT2D eigenvalue weighted by atomic mass is 10.1. The van der Waals surface area contributed by atoms with Crippen LogP contribution < -0.4 is 5.73 Å². The molecule has 9 nitrogen and oxygen atoms in total. The van der Waals surface area contributed by atoms with Gasteiger partial charge in [0.25, 0.3) is 5.91 Å². The Balaban J connectivity index is 1.57. The van der Waals surface area contributed by atoms with Crippen molar-refractivity contribution < 1.29 is 14.3 Å². The van der Waals surface area contributed by atoms with Crippen molar-refractivity contribution in [2.45, 2.75) is 26.1 Å². The van der Waals surface area contributed by atoms with E-state index in [0.29, 0.717) is 34.8 Å². The molecule has 2 heterocycles. The third-order valence-electron chi connectivity index (χ3n) is 5.92. The molecule has 2 aromatic carbocycles. The molecule has 1 saturated heterocycles. The molecule has 1 atom stereocenters. The Morgan fingerprint density at radius 1 is 1.17 bits per heavy atom. The van der Waals surface area contributed by atoms with E-state index in [9.17, 15) is 14.5 Å². The quantitative estimate of drug-likeness (QED) is 0.506. The van der Waals surface area contributed by atoms with Gasteiger partial charge in [-0.1, -0.05) is 48.9 Å². The summed E-state index contributed by atoms with van der Waals surface area (Å²) in [4.78, 5) is 44.3. The van der Waals surface area contributed by atoms with E-state index < -0.39 is 12.3 Å². The van der Waals surface area contributed by atoms with Gasteiger partial charge in [-0.2, -0.15) is 0 Å². The highest BCUT2D eigenvalue weighted by Crippen LogP contribution is 2.29.